The highest BCUT2D eigenvalue weighted by atomic mass is 16.3. The van der Waals surface area contributed by atoms with Gasteiger partial charge in [0.1, 0.15) is 0 Å². The Morgan fingerprint density at radius 1 is 1.55 bits per heavy atom. The predicted molar refractivity (Wildman–Crippen MR) is 46.4 cm³/mol. The third-order valence-electron chi connectivity index (χ3n) is 2.49. The molecule has 2 nitrogen and oxygen atoms in total. The zero-order valence-corrected chi connectivity index (χ0v) is 7.16. The van der Waals surface area contributed by atoms with Crippen molar-refractivity contribution in [2.24, 2.45) is 5.92 Å². The Labute approximate surface area is 68.5 Å². The molecule has 1 aliphatic rings. The summed E-state index contributed by atoms with van der Waals surface area (Å²) < 4.78 is 0. The van der Waals surface area contributed by atoms with E-state index in [9.17, 15) is 5.11 Å². The van der Waals surface area contributed by atoms with Crippen LogP contribution < -0.4 is 0 Å². The fourth-order valence-electron chi connectivity index (χ4n) is 1.56. The highest BCUT2D eigenvalue weighted by Gasteiger charge is 2.21. The first-order chi connectivity index (χ1) is 5.24. The van der Waals surface area contributed by atoms with Gasteiger partial charge in [-0.15, -0.1) is 6.58 Å². The van der Waals surface area contributed by atoms with Crippen molar-refractivity contribution in [1.29, 1.82) is 0 Å². The van der Waals surface area contributed by atoms with Crippen molar-refractivity contribution in [3.63, 3.8) is 0 Å². The third kappa shape index (κ3) is 2.31. The monoisotopic (exact) mass is 155 g/mol. The van der Waals surface area contributed by atoms with Crippen molar-refractivity contribution < 1.29 is 5.11 Å². The van der Waals surface area contributed by atoms with Crippen LogP contribution in [0.25, 0.3) is 0 Å². The van der Waals surface area contributed by atoms with Gasteiger partial charge >= 0.3 is 0 Å². The van der Waals surface area contributed by atoms with E-state index in [0.29, 0.717) is 5.92 Å². The number of piperidine rings is 1. The second kappa shape index (κ2) is 3.88. The third-order valence-corrected chi connectivity index (χ3v) is 2.49. The summed E-state index contributed by atoms with van der Waals surface area (Å²) in [7, 11) is 2.12. The molecule has 1 N–H and O–H groups in total. The lowest BCUT2D eigenvalue weighted by Crippen LogP contribution is -2.34. The summed E-state index contributed by atoms with van der Waals surface area (Å²) in [5.74, 6) is 0.448. The Morgan fingerprint density at radius 3 is 2.55 bits per heavy atom. The molecular formula is C9H17NO. The molecule has 1 rings (SSSR count). The lowest BCUT2D eigenvalue weighted by molar-refractivity contribution is 0.0994. The standard InChI is InChI=1S/C9H17NO/c1-3-9(11)8-4-6-10(2)7-5-8/h3,8-9,11H,1,4-7H2,2H3. The van der Waals surface area contributed by atoms with Gasteiger partial charge in [0.25, 0.3) is 0 Å². The quantitative estimate of drug-likeness (QED) is 0.598. The van der Waals surface area contributed by atoms with Gasteiger partial charge in [-0.05, 0) is 38.9 Å². The van der Waals surface area contributed by atoms with Gasteiger partial charge in [-0.25, -0.2) is 0 Å². The number of rotatable bonds is 2. The molecule has 1 fully saturated rings. The summed E-state index contributed by atoms with van der Waals surface area (Å²) >= 11 is 0. The molecule has 0 amide bonds. The van der Waals surface area contributed by atoms with Crippen molar-refractivity contribution >= 4 is 0 Å². The summed E-state index contributed by atoms with van der Waals surface area (Å²) in [5, 5.41) is 9.43. The van der Waals surface area contributed by atoms with Gasteiger partial charge in [0.15, 0.2) is 0 Å². The molecule has 0 aliphatic carbocycles. The average molecular weight is 155 g/mol. The second-order valence-corrected chi connectivity index (χ2v) is 3.37. The Balaban J connectivity index is 2.32. The van der Waals surface area contributed by atoms with E-state index in [2.05, 4.69) is 18.5 Å². The largest absolute Gasteiger partial charge is 0.389 e. The van der Waals surface area contributed by atoms with Crippen LogP contribution in [0.2, 0.25) is 0 Å². The highest BCUT2D eigenvalue weighted by Crippen LogP contribution is 2.19. The summed E-state index contributed by atoms with van der Waals surface area (Å²) in [6.45, 7) is 5.80. The van der Waals surface area contributed by atoms with Crippen LogP contribution in [-0.4, -0.2) is 36.2 Å². The maximum Gasteiger partial charge on any atom is 0.0747 e. The number of likely N-dealkylation sites (tertiary alicyclic amines) is 1. The Bertz CT molecular complexity index is 128. The van der Waals surface area contributed by atoms with Crippen LogP contribution in [-0.2, 0) is 0 Å². The second-order valence-electron chi connectivity index (χ2n) is 3.37. The molecule has 1 atom stereocenters. The normalized spacial score (nSPS) is 24.9. The topological polar surface area (TPSA) is 23.5 Å². The molecule has 0 spiro atoms. The summed E-state index contributed by atoms with van der Waals surface area (Å²) in [6.07, 6.45) is 3.56. The zero-order valence-electron chi connectivity index (χ0n) is 7.16. The summed E-state index contributed by atoms with van der Waals surface area (Å²) in [5.41, 5.74) is 0. The van der Waals surface area contributed by atoms with E-state index in [-0.39, 0.29) is 6.10 Å². The van der Waals surface area contributed by atoms with Crippen molar-refractivity contribution in [2.45, 2.75) is 18.9 Å². The van der Waals surface area contributed by atoms with E-state index in [4.69, 9.17) is 0 Å². The van der Waals surface area contributed by atoms with E-state index in [1.54, 1.807) is 6.08 Å². The van der Waals surface area contributed by atoms with E-state index in [1.165, 1.54) is 0 Å². The molecule has 0 aromatic heterocycles. The zero-order chi connectivity index (χ0) is 8.27. The minimum absolute atomic E-state index is 0.288. The lowest BCUT2D eigenvalue weighted by Gasteiger charge is -2.30. The molecular weight excluding hydrogens is 138 g/mol. The van der Waals surface area contributed by atoms with E-state index in [1.807, 2.05) is 0 Å². The predicted octanol–water partition coefficient (Wildman–Crippen LogP) is 0.875. The SMILES string of the molecule is C=CC(O)C1CCN(C)CC1. The van der Waals surface area contributed by atoms with E-state index >= 15 is 0 Å². The number of hydrogen-bond acceptors (Lipinski definition) is 2. The van der Waals surface area contributed by atoms with Gasteiger partial charge in [0.05, 0.1) is 6.10 Å². The highest BCUT2D eigenvalue weighted by molar-refractivity contribution is 4.86. The van der Waals surface area contributed by atoms with Crippen LogP contribution in [0, 0.1) is 5.92 Å². The molecule has 0 saturated carbocycles. The minimum atomic E-state index is -0.288. The Kier molecular flexibility index (Phi) is 3.09. The Morgan fingerprint density at radius 2 is 2.09 bits per heavy atom. The molecule has 11 heavy (non-hydrogen) atoms. The maximum absolute atomic E-state index is 9.43. The first-order valence-electron chi connectivity index (χ1n) is 4.23. The smallest absolute Gasteiger partial charge is 0.0747 e. The first kappa shape index (κ1) is 8.75. The van der Waals surface area contributed by atoms with Gasteiger partial charge in [-0.1, -0.05) is 6.08 Å². The number of hydrogen-bond donors (Lipinski definition) is 1. The molecule has 64 valence electrons. The van der Waals surface area contributed by atoms with Crippen LogP contribution in [0.5, 0.6) is 0 Å². The van der Waals surface area contributed by atoms with Crippen molar-refractivity contribution in [2.75, 3.05) is 20.1 Å². The fraction of sp³-hybridized carbons (Fsp3) is 0.778. The van der Waals surface area contributed by atoms with Crippen LogP contribution >= 0.6 is 0 Å². The number of aliphatic hydroxyl groups excluding tert-OH is 1. The molecule has 0 radical (unpaired) electrons. The van der Waals surface area contributed by atoms with Crippen molar-refractivity contribution in [1.82, 2.24) is 4.90 Å². The van der Waals surface area contributed by atoms with E-state index < -0.39 is 0 Å². The molecule has 0 bridgehead atoms. The van der Waals surface area contributed by atoms with Gasteiger partial charge in [-0.3, -0.25) is 0 Å². The van der Waals surface area contributed by atoms with Gasteiger partial charge in [0.2, 0.25) is 0 Å². The molecule has 0 aromatic carbocycles. The molecule has 1 saturated heterocycles. The molecule has 2 heteroatoms. The first-order valence-corrected chi connectivity index (χ1v) is 4.23. The lowest BCUT2D eigenvalue weighted by atomic mass is 9.92. The summed E-state index contributed by atoms with van der Waals surface area (Å²) in [6, 6.07) is 0. The van der Waals surface area contributed by atoms with Crippen LogP contribution in [0.3, 0.4) is 0 Å². The van der Waals surface area contributed by atoms with Crippen molar-refractivity contribution in [3.8, 4) is 0 Å². The van der Waals surface area contributed by atoms with Crippen LogP contribution in [0.4, 0.5) is 0 Å². The van der Waals surface area contributed by atoms with Crippen LogP contribution in [0.15, 0.2) is 12.7 Å². The number of nitrogens with zero attached hydrogens (tertiary/aromatic N) is 1. The molecule has 1 heterocycles. The minimum Gasteiger partial charge on any atom is -0.389 e. The Hall–Kier alpha value is -0.340. The maximum atomic E-state index is 9.43. The van der Waals surface area contributed by atoms with Crippen LogP contribution in [0.1, 0.15) is 12.8 Å². The molecule has 0 aromatic rings. The number of aliphatic hydroxyl groups is 1. The molecule has 1 aliphatic heterocycles. The van der Waals surface area contributed by atoms with Gasteiger partial charge < -0.3 is 10.0 Å². The van der Waals surface area contributed by atoms with Gasteiger partial charge in [0, 0.05) is 0 Å². The molecule has 1 unspecified atom stereocenters. The average Bonchev–Trinajstić information content (AvgIpc) is 2.05. The van der Waals surface area contributed by atoms with E-state index in [0.717, 1.165) is 25.9 Å². The fourth-order valence-corrected chi connectivity index (χ4v) is 1.56. The van der Waals surface area contributed by atoms with Gasteiger partial charge in [-0.2, -0.15) is 0 Å². The summed E-state index contributed by atoms with van der Waals surface area (Å²) in [4.78, 5) is 2.30. The van der Waals surface area contributed by atoms with Crippen molar-refractivity contribution in [3.05, 3.63) is 12.7 Å².